The van der Waals surface area contributed by atoms with E-state index in [1.807, 2.05) is 0 Å². The van der Waals surface area contributed by atoms with E-state index >= 15 is 0 Å². The van der Waals surface area contributed by atoms with Gasteiger partial charge in [-0.25, -0.2) is 8.42 Å². The SMILES string of the molecule is O=[N+]([O-])c1cc(Cl)c(Cl)cc1NC1CCS(=O)(=O)C1. The monoisotopic (exact) mass is 324 g/mol. The molecule has 1 aliphatic rings. The van der Waals surface area contributed by atoms with Crippen LogP contribution in [0.3, 0.4) is 0 Å². The maximum atomic E-state index is 11.3. The van der Waals surface area contributed by atoms with E-state index in [4.69, 9.17) is 23.2 Å². The Morgan fingerprint density at radius 2 is 1.95 bits per heavy atom. The lowest BCUT2D eigenvalue weighted by molar-refractivity contribution is -0.384. The molecule has 0 aromatic heterocycles. The van der Waals surface area contributed by atoms with Crippen LogP contribution in [0.15, 0.2) is 12.1 Å². The van der Waals surface area contributed by atoms with Gasteiger partial charge in [-0.3, -0.25) is 10.1 Å². The van der Waals surface area contributed by atoms with Gasteiger partial charge in [-0.2, -0.15) is 0 Å². The second kappa shape index (κ2) is 5.15. The first kappa shape index (κ1) is 14.4. The van der Waals surface area contributed by atoms with E-state index in [-0.39, 0.29) is 39.0 Å². The first-order valence-electron chi connectivity index (χ1n) is 5.39. The average molecular weight is 325 g/mol. The molecule has 1 aromatic carbocycles. The minimum Gasteiger partial charge on any atom is -0.376 e. The van der Waals surface area contributed by atoms with Crippen LogP contribution in [0.1, 0.15) is 6.42 Å². The molecule has 1 atom stereocenters. The molecule has 0 spiro atoms. The van der Waals surface area contributed by atoms with Crippen molar-refractivity contribution in [3.8, 4) is 0 Å². The van der Waals surface area contributed by atoms with Crippen LogP contribution in [0, 0.1) is 10.1 Å². The van der Waals surface area contributed by atoms with Gasteiger partial charge in [0.1, 0.15) is 5.69 Å². The maximum Gasteiger partial charge on any atom is 0.293 e. The van der Waals surface area contributed by atoms with Gasteiger partial charge in [0, 0.05) is 12.1 Å². The summed E-state index contributed by atoms with van der Waals surface area (Å²) in [5.41, 5.74) is -0.0415. The van der Waals surface area contributed by atoms with Gasteiger partial charge in [0.05, 0.1) is 26.5 Å². The van der Waals surface area contributed by atoms with Gasteiger partial charge in [0.25, 0.3) is 5.69 Å². The topological polar surface area (TPSA) is 89.3 Å². The molecule has 9 heteroatoms. The molecule has 104 valence electrons. The van der Waals surface area contributed by atoms with Gasteiger partial charge in [-0.15, -0.1) is 0 Å². The number of nitro benzene ring substituents is 1. The summed E-state index contributed by atoms with van der Waals surface area (Å²) in [6.45, 7) is 0. The number of hydrogen-bond donors (Lipinski definition) is 1. The van der Waals surface area contributed by atoms with Crippen molar-refractivity contribution in [2.75, 3.05) is 16.8 Å². The van der Waals surface area contributed by atoms with Crippen LogP contribution in [-0.2, 0) is 9.84 Å². The van der Waals surface area contributed by atoms with Crippen molar-refractivity contribution in [3.05, 3.63) is 32.3 Å². The number of nitro groups is 1. The number of anilines is 1. The number of nitrogens with one attached hydrogen (secondary N) is 1. The van der Waals surface area contributed by atoms with Crippen LogP contribution in [-0.4, -0.2) is 30.9 Å². The molecule has 19 heavy (non-hydrogen) atoms. The number of rotatable bonds is 3. The summed E-state index contributed by atoms with van der Waals surface area (Å²) >= 11 is 11.6. The fourth-order valence-corrected chi connectivity index (χ4v) is 3.93. The summed E-state index contributed by atoms with van der Waals surface area (Å²) in [4.78, 5) is 10.3. The molecule has 1 fully saturated rings. The van der Waals surface area contributed by atoms with Gasteiger partial charge in [-0.1, -0.05) is 23.2 Å². The van der Waals surface area contributed by atoms with E-state index in [9.17, 15) is 18.5 Å². The van der Waals surface area contributed by atoms with E-state index in [1.165, 1.54) is 6.07 Å². The molecule has 1 heterocycles. The molecule has 1 unspecified atom stereocenters. The standard InChI is InChI=1S/C10H10Cl2N2O4S/c11-7-3-9(10(14(15)16)4-8(7)12)13-6-1-2-19(17,18)5-6/h3-4,6,13H,1-2,5H2. The summed E-state index contributed by atoms with van der Waals surface area (Å²) < 4.78 is 22.7. The van der Waals surface area contributed by atoms with Crippen molar-refractivity contribution in [1.29, 1.82) is 0 Å². The molecule has 0 amide bonds. The highest BCUT2D eigenvalue weighted by atomic mass is 35.5. The molecule has 6 nitrogen and oxygen atoms in total. The second-order valence-corrected chi connectivity index (χ2v) is 7.33. The van der Waals surface area contributed by atoms with Gasteiger partial charge >= 0.3 is 0 Å². The Morgan fingerprint density at radius 1 is 1.32 bits per heavy atom. The first-order valence-corrected chi connectivity index (χ1v) is 7.96. The van der Waals surface area contributed by atoms with Crippen LogP contribution in [0.2, 0.25) is 10.0 Å². The lowest BCUT2D eigenvalue weighted by Gasteiger charge is -2.13. The molecular formula is C10H10Cl2N2O4S. The average Bonchev–Trinajstić information content (AvgIpc) is 2.62. The first-order chi connectivity index (χ1) is 8.78. The molecule has 0 aliphatic carbocycles. The minimum absolute atomic E-state index is 0.0373. The zero-order valence-electron chi connectivity index (χ0n) is 9.60. The van der Waals surface area contributed by atoms with Crippen molar-refractivity contribution < 1.29 is 13.3 Å². The summed E-state index contributed by atoms with van der Waals surface area (Å²) in [6.07, 6.45) is 0.416. The van der Waals surface area contributed by atoms with Crippen LogP contribution >= 0.6 is 23.2 Å². The Bertz CT molecular complexity index is 633. The predicted octanol–water partition coefficient (Wildman–Crippen LogP) is 2.50. The van der Waals surface area contributed by atoms with Gasteiger partial charge in [-0.05, 0) is 12.5 Å². The van der Waals surface area contributed by atoms with E-state index in [0.717, 1.165) is 6.07 Å². The molecule has 2 rings (SSSR count). The highest BCUT2D eigenvalue weighted by molar-refractivity contribution is 7.91. The lowest BCUT2D eigenvalue weighted by atomic mass is 10.2. The molecule has 1 saturated heterocycles. The van der Waals surface area contributed by atoms with E-state index in [0.29, 0.717) is 6.42 Å². The molecule has 0 radical (unpaired) electrons. The van der Waals surface area contributed by atoms with Crippen LogP contribution in [0.4, 0.5) is 11.4 Å². The largest absolute Gasteiger partial charge is 0.376 e. The van der Waals surface area contributed by atoms with Crippen molar-refractivity contribution >= 4 is 44.4 Å². The van der Waals surface area contributed by atoms with Gasteiger partial charge in [0.2, 0.25) is 0 Å². The quantitative estimate of drug-likeness (QED) is 0.681. The Labute approximate surface area is 119 Å². The van der Waals surface area contributed by atoms with E-state index < -0.39 is 14.8 Å². The summed E-state index contributed by atoms with van der Waals surface area (Å²) in [5.74, 6) is 0.0458. The summed E-state index contributed by atoms with van der Waals surface area (Å²) in [7, 11) is -3.06. The number of halogens is 2. The molecule has 0 bridgehead atoms. The molecule has 1 N–H and O–H groups in total. The van der Waals surface area contributed by atoms with Crippen molar-refractivity contribution in [1.82, 2.24) is 0 Å². The smallest absolute Gasteiger partial charge is 0.293 e. The Kier molecular flexibility index (Phi) is 3.89. The van der Waals surface area contributed by atoms with Gasteiger partial charge in [0.15, 0.2) is 9.84 Å². The third-order valence-electron chi connectivity index (χ3n) is 2.83. The molecule has 0 saturated carbocycles. The fourth-order valence-electron chi connectivity index (χ4n) is 1.93. The third-order valence-corrected chi connectivity index (χ3v) is 5.32. The normalized spacial score (nSPS) is 21.3. The Hall–Kier alpha value is -1.05. The third kappa shape index (κ3) is 3.29. The zero-order chi connectivity index (χ0) is 14.2. The van der Waals surface area contributed by atoms with Crippen molar-refractivity contribution in [2.45, 2.75) is 12.5 Å². The molecule has 1 aromatic rings. The summed E-state index contributed by atoms with van der Waals surface area (Å²) in [6, 6.07) is 2.14. The van der Waals surface area contributed by atoms with Crippen molar-refractivity contribution in [3.63, 3.8) is 0 Å². The number of hydrogen-bond acceptors (Lipinski definition) is 5. The zero-order valence-corrected chi connectivity index (χ0v) is 11.9. The number of benzene rings is 1. The molecule has 1 aliphatic heterocycles. The number of nitrogens with zero attached hydrogens (tertiary/aromatic N) is 1. The molecular weight excluding hydrogens is 315 g/mol. The lowest BCUT2D eigenvalue weighted by Crippen LogP contribution is -2.21. The fraction of sp³-hybridized carbons (Fsp3) is 0.400. The van der Waals surface area contributed by atoms with Crippen LogP contribution in [0.25, 0.3) is 0 Å². The maximum absolute atomic E-state index is 11.3. The van der Waals surface area contributed by atoms with E-state index in [2.05, 4.69) is 5.32 Å². The summed E-state index contributed by atoms with van der Waals surface area (Å²) in [5, 5.41) is 14.0. The highest BCUT2D eigenvalue weighted by Crippen LogP contribution is 2.35. The van der Waals surface area contributed by atoms with Crippen molar-refractivity contribution in [2.24, 2.45) is 0 Å². The van der Waals surface area contributed by atoms with E-state index in [1.54, 1.807) is 0 Å². The van der Waals surface area contributed by atoms with Gasteiger partial charge < -0.3 is 5.32 Å². The number of sulfone groups is 1. The Morgan fingerprint density at radius 3 is 2.47 bits per heavy atom. The van der Waals surface area contributed by atoms with Crippen LogP contribution in [0.5, 0.6) is 0 Å². The van der Waals surface area contributed by atoms with Crippen LogP contribution < -0.4 is 5.32 Å². The minimum atomic E-state index is -3.06. The highest BCUT2D eigenvalue weighted by Gasteiger charge is 2.29. The Balaban J connectivity index is 2.29. The predicted molar refractivity (Wildman–Crippen MR) is 73.8 cm³/mol. The second-order valence-electron chi connectivity index (χ2n) is 4.28.